The van der Waals surface area contributed by atoms with Gasteiger partial charge in [0.05, 0.1) is 7.11 Å². The summed E-state index contributed by atoms with van der Waals surface area (Å²) >= 11 is 0. The maximum absolute atomic E-state index is 5.87. The van der Waals surface area contributed by atoms with Gasteiger partial charge in [-0.3, -0.25) is 0 Å². The van der Waals surface area contributed by atoms with E-state index in [9.17, 15) is 0 Å². The van der Waals surface area contributed by atoms with Crippen molar-refractivity contribution < 1.29 is 4.74 Å². The van der Waals surface area contributed by atoms with Gasteiger partial charge in [0, 0.05) is 18.0 Å². The molecule has 0 rings (SSSR count). The fraction of sp³-hybridized carbons (Fsp3) is 0.450. The Morgan fingerprint density at radius 1 is 1.12 bits per heavy atom. The average Bonchev–Trinajstić information content (AvgIpc) is 2.51. The van der Waals surface area contributed by atoms with Crippen molar-refractivity contribution >= 4 is 5.71 Å². The van der Waals surface area contributed by atoms with E-state index >= 15 is 0 Å². The molecule has 134 valence electrons. The largest absolute Gasteiger partial charge is 0.497 e. The summed E-state index contributed by atoms with van der Waals surface area (Å²) in [7, 11) is 1.69. The molecule has 24 heavy (non-hydrogen) atoms. The molecule has 0 aromatic carbocycles. The molecule has 0 radical (unpaired) electrons. The van der Waals surface area contributed by atoms with Crippen LogP contribution in [0.3, 0.4) is 0 Å². The number of allylic oxidation sites excluding steroid dienone is 6. The summed E-state index contributed by atoms with van der Waals surface area (Å²) in [4.78, 5) is 4.30. The first-order chi connectivity index (χ1) is 11.3. The van der Waals surface area contributed by atoms with E-state index in [-0.39, 0.29) is 0 Å². The normalized spacial score (nSPS) is 14.1. The van der Waals surface area contributed by atoms with Crippen LogP contribution in [0.2, 0.25) is 0 Å². The molecule has 4 heteroatoms. The van der Waals surface area contributed by atoms with Crippen LogP contribution in [-0.2, 0) is 4.74 Å². The van der Waals surface area contributed by atoms with E-state index in [1.165, 1.54) is 0 Å². The number of rotatable bonds is 9. The van der Waals surface area contributed by atoms with E-state index in [1.807, 2.05) is 46.8 Å². The smallest absolute Gasteiger partial charge is 0.122 e. The van der Waals surface area contributed by atoms with Gasteiger partial charge >= 0.3 is 0 Å². The Morgan fingerprint density at radius 3 is 2.21 bits per heavy atom. The topological polar surface area (TPSA) is 59.6 Å². The van der Waals surface area contributed by atoms with Crippen molar-refractivity contribution in [2.75, 3.05) is 13.7 Å². The van der Waals surface area contributed by atoms with Crippen molar-refractivity contribution in [1.82, 2.24) is 5.32 Å². The highest BCUT2D eigenvalue weighted by molar-refractivity contribution is 5.80. The van der Waals surface area contributed by atoms with Gasteiger partial charge in [0.25, 0.3) is 0 Å². The van der Waals surface area contributed by atoms with Gasteiger partial charge in [-0.15, -0.1) is 0 Å². The highest BCUT2D eigenvalue weighted by Crippen LogP contribution is 2.16. The molecule has 0 aliphatic heterocycles. The fourth-order valence-electron chi connectivity index (χ4n) is 2.10. The van der Waals surface area contributed by atoms with Gasteiger partial charge in [-0.25, -0.2) is 4.99 Å². The molecular formula is C20H33N3O. The summed E-state index contributed by atoms with van der Waals surface area (Å²) < 4.78 is 5.45. The minimum atomic E-state index is 0.393. The molecular weight excluding hydrogens is 298 g/mol. The van der Waals surface area contributed by atoms with Crippen molar-refractivity contribution in [1.29, 1.82) is 0 Å². The first-order valence-electron chi connectivity index (χ1n) is 8.24. The van der Waals surface area contributed by atoms with Crippen LogP contribution in [0.4, 0.5) is 0 Å². The molecule has 0 aliphatic carbocycles. The molecule has 0 aromatic heterocycles. The summed E-state index contributed by atoms with van der Waals surface area (Å²) in [5.74, 6) is 1.46. The summed E-state index contributed by atoms with van der Waals surface area (Å²) in [5.41, 5.74) is 11.0. The number of ether oxygens (including phenoxy) is 1. The van der Waals surface area contributed by atoms with Crippen LogP contribution >= 0.6 is 0 Å². The van der Waals surface area contributed by atoms with Crippen molar-refractivity contribution in [3.63, 3.8) is 0 Å². The molecule has 4 nitrogen and oxygen atoms in total. The number of methoxy groups -OCH3 is 1. The van der Waals surface area contributed by atoms with Gasteiger partial charge in [0.2, 0.25) is 0 Å². The van der Waals surface area contributed by atoms with Crippen LogP contribution in [0.5, 0.6) is 0 Å². The first-order valence-corrected chi connectivity index (χ1v) is 8.24. The lowest BCUT2D eigenvalue weighted by atomic mass is 10.1. The van der Waals surface area contributed by atoms with Gasteiger partial charge in [0.1, 0.15) is 11.6 Å². The zero-order valence-corrected chi connectivity index (χ0v) is 16.3. The number of hydrogen-bond acceptors (Lipinski definition) is 4. The number of nitrogens with zero attached hydrogens (tertiary/aromatic N) is 1. The van der Waals surface area contributed by atoms with Gasteiger partial charge in [0.15, 0.2) is 0 Å². The second kappa shape index (κ2) is 11.5. The molecule has 0 fully saturated rings. The van der Waals surface area contributed by atoms with Gasteiger partial charge < -0.3 is 15.8 Å². The zero-order valence-electron chi connectivity index (χ0n) is 16.3. The molecule has 0 atom stereocenters. The van der Waals surface area contributed by atoms with Crippen molar-refractivity contribution in [2.24, 2.45) is 10.7 Å². The molecule has 0 bridgehead atoms. The Morgan fingerprint density at radius 2 is 1.75 bits per heavy atom. The summed E-state index contributed by atoms with van der Waals surface area (Å²) in [6, 6.07) is 0. The van der Waals surface area contributed by atoms with E-state index < -0.39 is 0 Å². The molecule has 0 aromatic rings. The maximum atomic E-state index is 5.87. The van der Waals surface area contributed by atoms with E-state index in [0.29, 0.717) is 12.4 Å². The molecule has 0 saturated carbocycles. The minimum absolute atomic E-state index is 0.393. The van der Waals surface area contributed by atoms with E-state index in [1.54, 1.807) is 7.11 Å². The average molecular weight is 332 g/mol. The zero-order chi connectivity index (χ0) is 18.7. The number of nitrogens with two attached hydrogens (primary N) is 1. The van der Waals surface area contributed by atoms with Crippen molar-refractivity contribution in [3.05, 3.63) is 58.8 Å². The Hall–Kier alpha value is -2.07. The summed E-state index contributed by atoms with van der Waals surface area (Å²) in [6.45, 7) is 16.4. The quantitative estimate of drug-likeness (QED) is 0.369. The SMILES string of the molecule is C=C(N=C(C)C)N\C(CN)=C(C)/C(C)=C/C=C(OC)\C(C)=C\CC. The van der Waals surface area contributed by atoms with Gasteiger partial charge in [-0.2, -0.15) is 0 Å². The third kappa shape index (κ3) is 7.97. The third-order valence-corrected chi connectivity index (χ3v) is 3.51. The summed E-state index contributed by atoms with van der Waals surface area (Å²) in [6.07, 6.45) is 7.14. The van der Waals surface area contributed by atoms with Crippen LogP contribution in [0.15, 0.2) is 63.8 Å². The lowest BCUT2D eigenvalue weighted by Crippen LogP contribution is -2.21. The Balaban J connectivity index is 5.48. The van der Waals surface area contributed by atoms with Crippen LogP contribution in [0.25, 0.3) is 0 Å². The lowest BCUT2D eigenvalue weighted by Gasteiger charge is -2.14. The van der Waals surface area contributed by atoms with Crippen LogP contribution < -0.4 is 11.1 Å². The Kier molecular flexibility index (Phi) is 10.5. The predicted molar refractivity (Wildman–Crippen MR) is 106 cm³/mol. The summed E-state index contributed by atoms with van der Waals surface area (Å²) in [5, 5.41) is 3.19. The molecule has 0 saturated heterocycles. The van der Waals surface area contributed by atoms with E-state index in [4.69, 9.17) is 10.5 Å². The monoisotopic (exact) mass is 331 g/mol. The Bertz CT molecular complexity index is 586. The number of hydrogen-bond donors (Lipinski definition) is 2. The second-order valence-electron chi connectivity index (χ2n) is 5.82. The van der Waals surface area contributed by atoms with Crippen LogP contribution in [-0.4, -0.2) is 19.4 Å². The van der Waals surface area contributed by atoms with E-state index in [0.717, 1.165) is 40.3 Å². The highest BCUT2D eigenvalue weighted by Gasteiger charge is 2.04. The number of nitrogens with one attached hydrogen (secondary N) is 1. The molecule has 0 spiro atoms. The molecule has 0 heterocycles. The Labute approximate surface area is 147 Å². The lowest BCUT2D eigenvalue weighted by molar-refractivity contribution is 0.300. The first kappa shape index (κ1) is 21.9. The third-order valence-electron chi connectivity index (χ3n) is 3.51. The van der Waals surface area contributed by atoms with Crippen LogP contribution in [0, 0.1) is 0 Å². The molecule has 0 amide bonds. The van der Waals surface area contributed by atoms with Crippen LogP contribution in [0.1, 0.15) is 48.0 Å². The second-order valence-corrected chi connectivity index (χ2v) is 5.82. The predicted octanol–water partition coefficient (Wildman–Crippen LogP) is 4.59. The maximum Gasteiger partial charge on any atom is 0.122 e. The van der Waals surface area contributed by atoms with Crippen molar-refractivity contribution in [2.45, 2.75) is 48.0 Å². The molecule has 0 unspecified atom stereocenters. The van der Waals surface area contributed by atoms with E-state index in [2.05, 4.69) is 29.9 Å². The highest BCUT2D eigenvalue weighted by atomic mass is 16.5. The van der Waals surface area contributed by atoms with Gasteiger partial charge in [-0.05, 0) is 63.8 Å². The molecule has 3 N–H and O–H groups in total. The standard InChI is InChI=1S/C20H33N3O/c1-9-10-16(5)20(24-8)12-11-15(4)17(6)19(13-21)23-18(7)22-14(2)3/h10-12,23H,7,9,13,21H2,1-6,8H3/b15-11+,16-10+,19-17-,20-12+. The fourth-order valence-corrected chi connectivity index (χ4v) is 2.10. The van der Waals surface area contributed by atoms with Crippen molar-refractivity contribution in [3.8, 4) is 0 Å². The van der Waals surface area contributed by atoms with Gasteiger partial charge in [-0.1, -0.05) is 25.7 Å². The molecule has 0 aliphatic rings. The minimum Gasteiger partial charge on any atom is -0.497 e. The number of aliphatic imine (C=N–C) groups is 1.